The summed E-state index contributed by atoms with van der Waals surface area (Å²) in [4.78, 5) is 0. The fourth-order valence-corrected chi connectivity index (χ4v) is 2.21. The minimum atomic E-state index is -2.79. The molecule has 2 nitrogen and oxygen atoms in total. The van der Waals surface area contributed by atoms with E-state index in [4.69, 9.17) is 5.73 Å². The van der Waals surface area contributed by atoms with Gasteiger partial charge in [0, 0.05) is 0 Å². The molecule has 0 heterocycles. The summed E-state index contributed by atoms with van der Waals surface area (Å²) in [6, 6.07) is 14.9. The van der Waals surface area contributed by atoms with E-state index in [9.17, 15) is 8.78 Å². The van der Waals surface area contributed by atoms with E-state index in [1.807, 2.05) is 12.1 Å². The highest BCUT2D eigenvalue weighted by atomic mass is 19.3. The largest absolute Gasteiger partial charge is 0.435 e. The number of nitrogens with two attached hydrogens (primary N) is 1. The van der Waals surface area contributed by atoms with Gasteiger partial charge in [-0.1, -0.05) is 36.4 Å². The second-order valence-corrected chi connectivity index (χ2v) is 4.85. The van der Waals surface area contributed by atoms with Crippen LogP contribution in [0.25, 0.3) is 11.1 Å². The average molecular weight is 291 g/mol. The van der Waals surface area contributed by atoms with Gasteiger partial charge in [0.1, 0.15) is 5.75 Å². The van der Waals surface area contributed by atoms with Crippen LogP contribution in [-0.4, -0.2) is 13.2 Å². The molecule has 0 aromatic heterocycles. The molecule has 21 heavy (non-hydrogen) atoms. The molecule has 2 aromatic carbocycles. The van der Waals surface area contributed by atoms with Crippen LogP contribution < -0.4 is 10.5 Å². The van der Waals surface area contributed by atoms with Crippen LogP contribution in [0.3, 0.4) is 0 Å². The van der Waals surface area contributed by atoms with Gasteiger partial charge in [0.25, 0.3) is 0 Å². The van der Waals surface area contributed by atoms with E-state index < -0.39 is 6.61 Å². The van der Waals surface area contributed by atoms with E-state index in [1.165, 1.54) is 5.56 Å². The lowest BCUT2D eigenvalue weighted by atomic mass is 10.0. The first kappa shape index (κ1) is 15.4. The lowest BCUT2D eigenvalue weighted by Gasteiger charge is -2.08. The Morgan fingerprint density at radius 3 is 2.38 bits per heavy atom. The number of alkyl halides is 2. The number of unbranched alkanes of at least 4 members (excludes halogenated alkanes) is 1. The first-order chi connectivity index (χ1) is 10.2. The third-order valence-electron chi connectivity index (χ3n) is 3.26. The number of benzene rings is 2. The number of hydrogen-bond donors (Lipinski definition) is 1. The molecule has 0 saturated heterocycles. The van der Waals surface area contributed by atoms with E-state index in [-0.39, 0.29) is 5.75 Å². The van der Waals surface area contributed by atoms with Crippen LogP contribution in [0.5, 0.6) is 5.75 Å². The maximum Gasteiger partial charge on any atom is 0.387 e. The quantitative estimate of drug-likeness (QED) is 0.775. The highest BCUT2D eigenvalue weighted by molar-refractivity contribution is 5.64. The van der Waals surface area contributed by atoms with Gasteiger partial charge in [-0.05, 0) is 54.6 Å². The van der Waals surface area contributed by atoms with Gasteiger partial charge < -0.3 is 10.5 Å². The summed E-state index contributed by atoms with van der Waals surface area (Å²) in [6.45, 7) is -2.08. The summed E-state index contributed by atoms with van der Waals surface area (Å²) in [5, 5.41) is 0. The van der Waals surface area contributed by atoms with Crippen molar-refractivity contribution in [1.29, 1.82) is 0 Å². The Labute approximate surface area is 123 Å². The second-order valence-electron chi connectivity index (χ2n) is 4.85. The molecule has 0 spiro atoms. The Balaban J connectivity index is 2.08. The van der Waals surface area contributed by atoms with Crippen LogP contribution in [0.1, 0.15) is 18.4 Å². The van der Waals surface area contributed by atoms with Crippen LogP contribution in [0.2, 0.25) is 0 Å². The fraction of sp³-hybridized carbons (Fsp3) is 0.294. The summed E-state index contributed by atoms with van der Waals surface area (Å²) in [5.41, 5.74) is 8.81. The maximum absolute atomic E-state index is 12.1. The number of aryl methyl sites for hydroxylation is 1. The Hall–Kier alpha value is -1.94. The predicted molar refractivity (Wildman–Crippen MR) is 80.5 cm³/mol. The topological polar surface area (TPSA) is 35.2 Å². The normalized spacial score (nSPS) is 10.9. The smallest absolute Gasteiger partial charge is 0.387 e. The molecule has 4 heteroatoms. The molecule has 112 valence electrons. The molecule has 0 unspecified atom stereocenters. The molecule has 0 aliphatic rings. The van der Waals surface area contributed by atoms with Crippen LogP contribution in [0.15, 0.2) is 48.5 Å². The highest BCUT2D eigenvalue weighted by Crippen LogP contribution is 2.24. The number of halogens is 2. The zero-order valence-electron chi connectivity index (χ0n) is 11.8. The molecule has 0 saturated carbocycles. The zero-order valence-corrected chi connectivity index (χ0v) is 11.8. The summed E-state index contributed by atoms with van der Waals surface area (Å²) >= 11 is 0. The van der Waals surface area contributed by atoms with E-state index in [1.54, 1.807) is 24.3 Å². The number of hydrogen-bond acceptors (Lipinski definition) is 2. The average Bonchev–Trinajstić information content (AvgIpc) is 2.48. The minimum Gasteiger partial charge on any atom is -0.435 e. The van der Waals surface area contributed by atoms with E-state index in [2.05, 4.69) is 16.9 Å². The molecule has 0 amide bonds. The van der Waals surface area contributed by atoms with Gasteiger partial charge >= 0.3 is 6.61 Å². The van der Waals surface area contributed by atoms with Crippen molar-refractivity contribution in [3.63, 3.8) is 0 Å². The maximum atomic E-state index is 12.1. The molecule has 2 rings (SSSR count). The SMILES string of the molecule is NCCCCc1cccc(-c2ccc(OC(F)F)cc2)c1. The molecule has 0 fully saturated rings. The lowest BCUT2D eigenvalue weighted by Crippen LogP contribution is -2.01. The number of ether oxygens (including phenoxy) is 1. The summed E-state index contributed by atoms with van der Waals surface area (Å²) in [5.74, 6) is 0.174. The molecule has 0 bridgehead atoms. The van der Waals surface area contributed by atoms with Gasteiger partial charge in [0.15, 0.2) is 0 Å². The summed E-state index contributed by atoms with van der Waals surface area (Å²) in [6.07, 6.45) is 3.09. The van der Waals surface area contributed by atoms with Crippen LogP contribution in [0, 0.1) is 0 Å². The Morgan fingerprint density at radius 1 is 0.952 bits per heavy atom. The molecule has 2 aromatic rings. The van der Waals surface area contributed by atoms with Crippen molar-refractivity contribution >= 4 is 0 Å². The molecule has 0 aliphatic carbocycles. The highest BCUT2D eigenvalue weighted by Gasteiger charge is 2.05. The van der Waals surface area contributed by atoms with Gasteiger partial charge in [-0.3, -0.25) is 0 Å². The third kappa shape index (κ3) is 4.83. The molecule has 0 radical (unpaired) electrons. The van der Waals surface area contributed by atoms with E-state index in [0.29, 0.717) is 6.54 Å². The fourth-order valence-electron chi connectivity index (χ4n) is 2.21. The van der Waals surface area contributed by atoms with Crippen LogP contribution >= 0.6 is 0 Å². The van der Waals surface area contributed by atoms with E-state index in [0.717, 1.165) is 30.4 Å². The van der Waals surface area contributed by atoms with Crippen molar-refractivity contribution in [2.24, 2.45) is 5.73 Å². The molecular formula is C17H19F2NO. The minimum absolute atomic E-state index is 0.174. The van der Waals surface area contributed by atoms with Crippen molar-refractivity contribution in [2.45, 2.75) is 25.9 Å². The van der Waals surface area contributed by atoms with E-state index >= 15 is 0 Å². The molecule has 0 aliphatic heterocycles. The van der Waals surface area contributed by atoms with Crippen molar-refractivity contribution < 1.29 is 13.5 Å². The Kier molecular flexibility index (Phi) is 5.69. The van der Waals surface area contributed by atoms with Crippen molar-refractivity contribution in [2.75, 3.05) is 6.54 Å². The molecule has 2 N–H and O–H groups in total. The number of rotatable bonds is 7. The standard InChI is InChI=1S/C17H19F2NO/c18-17(19)21-16-9-7-14(8-10-16)15-6-3-5-13(12-15)4-1-2-11-20/h3,5-10,12,17H,1-2,4,11,20H2. The van der Waals surface area contributed by atoms with Gasteiger partial charge in [0.2, 0.25) is 0 Å². The monoisotopic (exact) mass is 291 g/mol. The van der Waals surface area contributed by atoms with Crippen LogP contribution in [-0.2, 0) is 6.42 Å². The molecule has 0 atom stereocenters. The summed E-state index contributed by atoms with van der Waals surface area (Å²) in [7, 11) is 0. The lowest BCUT2D eigenvalue weighted by molar-refractivity contribution is -0.0498. The van der Waals surface area contributed by atoms with Crippen molar-refractivity contribution in [1.82, 2.24) is 0 Å². The van der Waals surface area contributed by atoms with Crippen LogP contribution in [0.4, 0.5) is 8.78 Å². The van der Waals surface area contributed by atoms with Gasteiger partial charge in [0.05, 0.1) is 0 Å². The van der Waals surface area contributed by atoms with Crippen molar-refractivity contribution in [3.05, 3.63) is 54.1 Å². The summed E-state index contributed by atoms with van der Waals surface area (Å²) < 4.78 is 28.6. The third-order valence-corrected chi connectivity index (χ3v) is 3.26. The van der Waals surface area contributed by atoms with Gasteiger partial charge in [-0.2, -0.15) is 8.78 Å². The Bertz CT molecular complexity index is 555. The Morgan fingerprint density at radius 2 is 1.71 bits per heavy atom. The van der Waals surface area contributed by atoms with Gasteiger partial charge in [-0.15, -0.1) is 0 Å². The second kappa shape index (κ2) is 7.74. The van der Waals surface area contributed by atoms with Gasteiger partial charge in [-0.25, -0.2) is 0 Å². The van der Waals surface area contributed by atoms with Crippen molar-refractivity contribution in [3.8, 4) is 16.9 Å². The molecular weight excluding hydrogens is 272 g/mol. The first-order valence-corrected chi connectivity index (χ1v) is 7.03. The zero-order chi connectivity index (χ0) is 15.1. The first-order valence-electron chi connectivity index (χ1n) is 7.03. The predicted octanol–water partition coefficient (Wildman–Crippen LogP) is 4.24.